The van der Waals surface area contributed by atoms with Gasteiger partial charge in [-0.3, -0.25) is 0 Å². The molecule has 5 heteroatoms. The van der Waals surface area contributed by atoms with E-state index in [1.165, 1.54) is 0 Å². The van der Waals surface area contributed by atoms with Gasteiger partial charge in [-0.1, -0.05) is 6.92 Å². The van der Waals surface area contributed by atoms with E-state index in [0.717, 1.165) is 6.42 Å². The van der Waals surface area contributed by atoms with E-state index in [2.05, 4.69) is 0 Å². The van der Waals surface area contributed by atoms with E-state index < -0.39 is 6.16 Å². The number of rotatable bonds is 3. The van der Waals surface area contributed by atoms with Gasteiger partial charge in [0.15, 0.2) is 12.2 Å². The molecule has 2 N–H and O–H groups in total. The van der Waals surface area contributed by atoms with Crippen LogP contribution in [0.2, 0.25) is 0 Å². The molecule has 0 aromatic rings. The van der Waals surface area contributed by atoms with Crippen LogP contribution >= 0.6 is 0 Å². The number of hydrogen-bond donors (Lipinski definition) is 1. The minimum absolute atomic E-state index is 0.0959. The molecule has 2 rings (SSSR count). The lowest BCUT2D eigenvalue weighted by Crippen LogP contribution is -2.34. The monoisotopic (exact) mass is 201 g/mol. The van der Waals surface area contributed by atoms with Crippen molar-refractivity contribution < 1.29 is 19.0 Å². The highest BCUT2D eigenvalue weighted by atomic mass is 16.8. The molecule has 0 aromatic heterocycles. The molecule has 5 nitrogen and oxygen atoms in total. The summed E-state index contributed by atoms with van der Waals surface area (Å²) in [6, 6.07) is -0.159. The first kappa shape index (κ1) is 9.73. The van der Waals surface area contributed by atoms with Crippen LogP contribution in [0.1, 0.15) is 19.8 Å². The number of carbonyl (C=O) groups excluding carboxylic acids is 1. The largest absolute Gasteiger partial charge is 0.509 e. The molecule has 4 atom stereocenters. The van der Waals surface area contributed by atoms with Gasteiger partial charge in [-0.15, -0.1) is 0 Å². The lowest BCUT2D eigenvalue weighted by atomic mass is 10.2. The van der Waals surface area contributed by atoms with Crippen molar-refractivity contribution in [3.63, 3.8) is 0 Å². The lowest BCUT2D eigenvalue weighted by molar-refractivity contribution is -0.0152. The van der Waals surface area contributed by atoms with E-state index in [0.29, 0.717) is 13.0 Å². The van der Waals surface area contributed by atoms with Gasteiger partial charge in [0.2, 0.25) is 0 Å². The van der Waals surface area contributed by atoms with E-state index in [1.807, 2.05) is 6.92 Å². The molecule has 1 saturated carbocycles. The van der Waals surface area contributed by atoms with Gasteiger partial charge in [0, 0.05) is 12.6 Å². The zero-order chi connectivity index (χ0) is 10.1. The van der Waals surface area contributed by atoms with Crippen molar-refractivity contribution in [2.45, 2.75) is 44.1 Å². The number of hydrogen-bond acceptors (Lipinski definition) is 5. The third kappa shape index (κ3) is 1.57. The van der Waals surface area contributed by atoms with Crippen LogP contribution in [0, 0.1) is 0 Å². The first-order valence-electron chi connectivity index (χ1n) is 4.97. The Kier molecular flexibility index (Phi) is 2.60. The molecule has 0 amide bonds. The van der Waals surface area contributed by atoms with Crippen molar-refractivity contribution in [3.8, 4) is 0 Å². The van der Waals surface area contributed by atoms with Crippen LogP contribution in [0.4, 0.5) is 4.79 Å². The van der Waals surface area contributed by atoms with Crippen LogP contribution in [0.5, 0.6) is 0 Å². The molecular formula is C9H15NO4. The average Bonchev–Trinajstić information content (AvgIpc) is 2.64. The predicted molar refractivity (Wildman–Crippen MR) is 47.8 cm³/mol. The Morgan fingerprint density at radius 2 is 2.21 bits per heavy atom. The Morgan fingerprint density at radius 3 is 2.93 bits per heavy atom. The molecule has 0 bridgehead atoms. The van der Waals surface area contributed by atoms with Crippen LogP contribution in [0.3, 0.4) is 0 Å². The number of carbonyl (C=O) groups is 1. The van der Waals surface area contributed by atoms with Crippen molar-refractivity contribution in [2.24, 2.45) is 5.73 Å². The van der Waals surface area contributed by atoms with Gasteiger partial charge in [0.05, 0.1) is 6.10 Å². The van der Waals surface area contributed by atoms with Gasteiger partial charge < -0.3 is 19.9 Å². The first-order valence-corrected chi connectivity index (χ1v) is 4.97. The Morgan fingerprint density at radius 1 is 1.50 bits per heavy atom. The highest BCUT2D eigenvalue weighted by molar-refractivity contribution is 5.63. The standard InChI is InChI=1S/C9H15NO4/c1-2-3-12-6-4-5(10)7-8(6)14-9(11)13-7/h5-8H,2-4,10H2,1H3/t5-,6+,7+,8-/m1/s1. The zero-order valence-electron chi connectivity index (χ0n) is 8.14. The Labute approximate surface area is 82.5 Å². The summed E-state index contributed by atoms with van der Waals surface area (Å²) >= 11 is 0. The molecule has 1 aliphatic heterocycles. The second-order valence-corrected chi connectivity index (χ2v) is 3.72. The fourth-order valence-corrected chi connectivity index (χ4v) is 1.97. The molecule has 2 aliphatic rings. The van der Waals surface area contributed by atoms with Crippen LogP contribution in [0.25, 0.3) is 0 Å². The fraction of sp³-hybridized carbons (Fsp3) is 0.889. The van der Waals surface area contributed by atoms with Gasteiger partial charge in [-0.05, 0) is 12.8 Å². The second kappa shape index (κ2) is 3.74. The maximum atomic E-state index is 10.9. The normalized spacial score (nSPS) is 40.6. The molecule has 1 heterocycles. The fourth-order valence-electron chi connectivity index (χ4n) is 1.97. The number of fused-ring (bicyclic) bond motifs is 1. The molecule has 0 radical (unpaired) electrons. The maximum absolute atomic E-state index is 10.9. The van der Waals surface area contributed by atoms with Crippen molar-refractivity contribution in [1.29, 1.82) is 0 Å². The van der Waals surface area contributed by atoms with Crippen LogP contribution < -0.4 is 5.73 Å². The molecule has 0 aromatic carbocycles. The highest BCUT2D eigenvalue weighted by Crippen LogP contribution is 2.32. The maximum Gasteiger partial charge on any atom is 0.509 e. The summed E-state index contributed by atoms with van der Waals surface area (Å²) in [7, 11) is 0. The topological polar surface area (TPSA) is 70.8 Å². The van der Waals surface area contributed by atoms with Crippen molar-refractivity contribution >= 4 is 6.16 Å². The van der Waals surface area contributed by atoms with Gasteiger partial charge in [-0.25, -0.2) is 4.79 Å². The Hall–Kier alpha value is -0.810. The lowest BCUT2D eigenvalue weighted by Gasteiger charge is -2.15. The third-order valence-corrected chi connectivity index (χ3v) is 2.62. The predicted octanol–water partition coefficient (Wildman–Crippen LogP) is 0.417. The van der Waals surface area contributed by atoms with Crippen molar-refractivity contribution in [3.05, 3.63) is 0 Å². The summed E-state index contributed by atoms with van der Waals surface area (Å²) in [5.41, 5.74) is 5.81. The molecule has 14 heavy (non-hydrogen) atoms. The minimum atomic E-state index is -0.625. The molecule has 1 saturated heterocycles. The molecule has 2 fully saturated rings. The zero-order valence-corrected chi connectivity index (χ0v) is 8.14. The highest BCUT2D eigenvalue weighted by Gasteiger charge is 2.52. The van der Waals surface area contributed by atoms with Crippen LogP contribution in [0.15, 0.2) is 0 Å². The van der Waals surface area contributed by atoms with Gasteiger partial charge in [-0.2, -0.15) is 0 Å². The van der Waals surface area contributed by atoms with Crippen molar-refractivity contribution in [1.82, 2.24) is 0 Å². The quantitative estimate of drug-likeness (QED) is 0.670. The van der Waals surface area contributed by atoms with E-state index in [-0.39, 0.29) is 24.4 Å². The molecular weight excluding hydrogens is 186 g/mol. The van der Waals surface area contributed by atoms with E-state index >= 15 is 0 Å². The molecule has 1 aliphatic carbocycles. The van der Waals surface area contributed by atoms with Gasteiger partial charge in [0.25, 0.3) is 0 Å². The SMILES string of the molecule is CCCO[C@H]1C[C@@H](N)[C@@H]2OC(=O)O[C@@H]21. The summed E-state index contributed by atoms with van der Waals surface area (Å²) in [5, 5.41) is 0. The third-order valence-electron chi connectivity index (χ3n) is 2.62. The Balaban J connectivity index is 1.97. The summed E-state index contributed by atoms with van der Waals surface area (Å²) in [5.74, 6) is 0. The van der Waals surface area contributed by atoms with E-state index in [4.69, 9.17) is 19.9 Å². The van der Waals surface area contributed by atoms with E-state index in [9.17, 15) is 4.79 Å². The number of ether oxygens (including phenoxy) is 3. The molecule has 0 unspecified atom stereocenters. The summed E-state index contributed by atoms with van der Waals surface area (Å²) < 4.78 is 15.5. The van der Waals surface area contributed by atoms with Crippen LogP contribution in [-0.2, 0) is 14.2 Å². The van der Waals surface area contributed by atoms with Gasteiger partial charge >= 0.3 is 6.16 Å². The minimum Gasteiger partial charge on any atom is -0.425 e. The van der Waals surface area contributed by atoms with Crippen molar-refractivity contribution in [2.75, 3.05) is 6.61 Å². The molecule has 80 valence electrons. The number of nitrogens with two attached hydrogens (primary N) is 1. The average molecular weight is 201 g/mol. The van der Waals surface area contributed by atoms with E-state index in [1.54, 1.807) is 0 Å². The second-order valence-electron chi connectivity index (χ2n) is 3.72. The summed E-state index contributed by atoms with van der Waals surface area (Å²) in [4.78, 5) is 10.9. The molecule has 0 spiro atoms. The smallest absolute Gasteiger partial charge is 0.425 e. The first-order chi connectivity index (χ1) is 6.72. The van der Waals surface area contributed by atoms with Gasteiger partial charge in [0.1, 0.15) is 0 Å². The van der Waals surface area contributed by atoms with Crippen LogP contribution in [-0.4, -0.2) is 37.1 Å². The summed E-state index contributed by atoms with van der Waals surface area (Å²) in [6.07, 6.45) is 0.302. The Bertz CT molecular complexity index is 233. The summed E-state index contributed by atoms with van der Waals surface area (Å²) in [6.45, 7) is 2.70.